The number of carbonyl (C=O) groups excluding carboxylic acids is 1. The van der Waals surface area contributed by atoms with E-state index < -0.39 is 73.1 Å². The number of hydrogen-bond donors (Lipinski definition) is 5. The van der Waals surface area contributed by atoms with Crippen molar-refractivity contribution in [2.24, 2.45) is 11.8 Å². The fourth-order valence-electron chi connectivity index (χ4n) is 4.81. The average molecular weight is 478 g/mol. The Morgan fingerprint density at radius 3 is 2.59 bits per heavy atom. The van der Waals surface area contributed by atoms with Crippen molar-refractivity contribution in [2.45, 2.75) is 62.0 Å². The molecule has 1 saturated carbocycles. The number of aliphatic hydroxyl groups excluding tert-OH is 4. The molecule has 4 rings (SSSR count). The third kappa shape index (κ3) is 5.03. The van der Waals surface area contributed by atoms with Gasteiger partial charge in [0.1, 0.15) is 30.5 Å². The predicted molar refractivity (Wildman–Crippen MR) is 116 cm³/mol. The molecule has 1 aliphatic carbocycles. The molecule has 1 aromatic carbocycles. The lowest BCUT2D eigenvalue weighted by molar-refractivity contribution is -0.346. The zero-order valence-corrected chi connectivity index (χ0v) is 18.6. The Morgan fingerprint density at radius 1 is 1.15 bits per heavy atom. The van der Waals surface area contributed by atoms with E-state index >= 15 is 0 Å². The van der Waals surface area contributed by atoms with Crippen LogP contribution in [0.3, 0.4) is 0 Å². The first-order chi connectivity index (χ1) is 16.2. The van der Waals surface area contributed by atoms with E-state index in [2.05, 4.69) is 0 Å². The van der Waals surface area contributed by atoms with Gasteiger partial charge in [0.25, 0.3) is 0 Å². The van der Waals surface area contributed by atoms with E-state index in [1.807, 2.05) is 30.3 Å². The van der Waals surface area contributed by atoms with Gasteiger partial charge in [0.05, 0.1) is 24.4 Å². The molecule has 3 aliphatic rings. The van der Waals surface area contributed by atoms with Gasteiger partial charge in [-0.05, 0) is 24.6 Å². The van der Waals surface area contributed by atoms with E-state index in [0.29, 0.717) is 0 Å². The standard InChI is InChI=1S/C24H30O10/c1-24(30)11-15(32-17(26)8-7-13-5-3-2-4-6-13)14-9-10-31-22(18(14)24)34-23-21(29)20(28)19(27)16(12-25)33-23/h2-10,14-16,18-23,25,27-30H,11-12H2,1H3/t14-,15+,16+,18+,19+,20-,21+,22-,23-,24-/m0/s1. The maximum absolute atomic E-state index is 12.4. The molecule has 2 fully saturated rings. The zero-order chi connectivity index (χ0) is 24.5. The quantitative estimate of drug-likeness (QED) is 0.271. The molecule has 10 atom stereocenters. The molecule has 34 heavy (non-hydrogen) atoms. The Labute approximate surface area is 196 Å². The average Bonchev–Trinajstić information content (AvgIpc) is 3.09. The molecular weight excluding hydrogens is 448 g/mol. The van der Waals surface area contributed by atoms with Crippen molar-refractivity contribution in [1.29, 1.82) is 0 Å². The number of ether oxygens (including phenoxy) is 4. The van der Waals surface area contributed by atoms with Crippen molar-refractivity contribution in [2.75, 3.05) is 6.61 Å². The van der Waals surface area contributed by atoms with Crippen LogP contribution in [0.2, 0.25) is 0 Å². The summed E-state index contributed by atoms with van der Waals surface area (Å²) >= 11 is 0. The van der Waals surface area contributed by atoms with Gasteiger partial charge in [-0.1, -0.05) is 30.3 Å². The second-order valence-corrected chi connectivity index (χ2v) is 9.05. The van der Waals surface area contributed by atoms with Crippen LogP contribution in [0.5, 0.6) is 0 Å². The minimum Gasteiger partial charge on any atom is -0.472 e. The first-order valence-electron chi connectivity index (χ1n) is 11.2. The Balaban J connectivity index is 1.45. The predicted octanol–water partition coefficient (Wildman–Crippen LogP) is -0.315. The third-order valence-corrected chi connectivity index (χ3v) is 6.58. The summed E-state index contributed by atoms with van der Waals surface area (Å²) in [6, 6.07) is 9.28. The minimum atomic E-state index is -1.62. The van der Waals surface area contributed by atoms with Crippen LogP contribution in [0.25, 0.3) is 6.08 Å². The van der Waals surface area contributed by atoms with E-state index in [0.717, 1.165) is 5.56 Å². The maximum atomic E-state index is 12.4. The fraction of sp³-hybridized carbons (Fsp3) is 0.542. The Hall–Kier alpha value is -2.31. The minimum absolute atomic E-state index is 0.121. The van der Waals surface area contributed by atoms with E-state index in [1.54, 1.807) is 19.1 Å². The highest BCUT2D eigenvalue weighted by molar-refractivity contribution is 5.87. The van der Waals surface area contributed by atoms with E-state index in [-0.39, 0.29) is 6.42 Å². The van der Waals surface area contributed by atoms with Crippen LogP contribution in [0.15, 0.2) is 48.7 Å². The summed E-state index contributed by atoms with van der Waals surface area (Å²) in [6.07, 6.45) is -2.99. The van der Waals surface area contributed by atoms with Gasteiger partial charge in [-0.3, -0.25) is 0 Å². The van der Waals surface area contributed by atoms with Crippen molar-refractivity contribution >= 4 is 12.0 Å². The van der Waals surface area contributed by atoms with Crippen LogP contribution in [0.4, 0.5) is 0 Å². The van der Waals surface area contributed by atoms with Gasteiger partial charge in [-0.15, -0.1) is 0 Å². The molecule has 0 unspecified atom stereocenters. The Morgan fingerprint density at radius 2 is 1.88 bits per heavy atom. The highest BCUT2D eigenvalue weighted by Gasteiger charge is 2.57. The van der Waals surface area contributed by atoms with Crippen molar-refractivity contribution in [3.8, 4) is 0 Å². The molecule has 0 radical (unpaired) electrons. The fourth-order valence-corrected chi connectivity index (χ4v) is 4.81. The highest BCUT2D eigenvalue weighted by atomic mass is 16.8. The van der Waals surface area contributed by atoms with Crippen molar-refractivity contribution < 1.29 is 49.3 Å². The van der Waals surface area contributed by atoms with Gasteiger partial charge in [0, 0.05) is 18.4 Å². The summed E-state index contributed by atoms with van der Waals surface area (Å²) in [5.74, 6) is -1.70. The highest BCUT2D eigenvalue weighted by Crippen LogP contribution is 2.48. The smallest absolute Gasteiger partial charge is 0.331 e. The van der Waals surface area contributed by atoms with Gasteiger partial charge >= 0.3 is 5.97 Å². The normalized spacial score (nSPS) is 41.8. The molecule has 10 heteroatoms. The third-order valence-electron chi connectivity index (χ3n) is 6.58. The van der Waals surface area contributed by atoms with Gasteiger partial charge in [0.2, 0.25) is 6.29 Å². The second kappa shape index (κ2) is 10.1. The van der Waals surface area contributed by atoms with Crippen LogP contribution in [0.1, 0.15) is 18.9 Å². The van der Waals surface area contributed by atoms with Crippen LogP contribution in [-0.2, 0) is 23.7 Å². The van der Waals surface area contributed by atoms with Crippen LogP contribution in [0, 0.1) is 11.8 Å². The van der Waals surface area contributed by atoms with Crippen molar-refractivity contribution in [3.05, 3.63) is 54.3 Å². The summed E-state index contributed by atoms with van der Waals surface area (Å²) in [4.78, 5) is 12.4. The molecule has 0 spiro atoms. The molecule has 10 nitrogen and oxygen atoms in total. The number of rotatable bonds is 6. The molecule has 1 saturated heterocycles. The van der Waals surface area contributed by atoms with Gasteiger partial charge in [-0.25, -0.2) is 4.79 Å². The van der Waals surface area contributed by atoms with Crippen molar-refractivity contribution in [3.63, 3.8) is 0 Å². The zero-order valence-electron chi connectivity index (χ0n) is 18.6. The molecule has 186 valence electrons. The Kier molecular flexibility index (Phi) is 7.39. The summed E-state index contributed by atoms with van der Waals surface area (Å²) in [5, 5.41) is 50.8. The summed E-state index contributed by atoms with van der Waals surface area (Å²) in [7, 11) is 0. The molecule has 5 N–H and O–H groups in total. The first-order valence-corrected chi connectivity index (χ1v) is 11.2. The van der Waals surface area contributed by atoms with Crippen LogP contribution >= 0.6 is 0 Å². The number of carbonyl (C=O) groups is 1. The summed E-state index contributed by atoms with van der Waals surface area (Å²) in [5.41, 5.74) is -0.517. The van der Waals surface area contributed by atoms with E-state index in [9.17, 15) is 30.3 Å². The van der Waals surface area contributed by atoms with Gasteiger partial charge in [-0.2, -0.15) is 0 Å². The first kappa shape index (κ1) is 24.8. The lowest BCUT2D eigenvalue weighted by Crippen LogP contribution is -2.60. The summed E-state index contributed by atoms with van der Waals surface area (Å²) < 4.78 is 22.3. The van der Waals surface area contributed by atoms with Crippen LogP contribution < -0.4 is 0 Å². The molecular formula is C24H30O10. The topological polar surface area (TPSA) is 155 Å². The SMILES string of the molecule is C[C@]1(O)C[C@@H](OC(=O)C=Cc2ccccc2)[C@@H]2C=CO[C@@H](O[C@@H]3O[C@H](CO)[C@@H](O)[C@H](O)[C@H]3O)[C@@H]21. The van der Waals surface area contributed by atoms with E-state index in [4.69, 9.17) is 18.9 Å². The Bertz CT molecular complexity index is 898. The molecule has 1 aromatic rings. The molecule has 2 aliphatic heterocycles. The largest absolute Gasteiger partial charge is 0.472 e. The molecule has 0 bridgehead atoms. The van der Waals surface area contributed by atoms with Gasteiger partial charge in [0.15, 0.2) is 6.29 Å². The molecule has 2 heterocycles. The number of aliphatic hydroxyl groups is 5. The maximum Gasteiger partial charge on any atom is 0.331 e. The van der Waals surface area contributed by atoms with Crippen molar-refractivity contribution in [1.82, 2.24) is 0 Å². The summed E-state index contributed by atoms with van der Waals surface area (Å²) in [6.45, 7) is 0.971. The molecule has 0 amide bonds. The lowest BCUT2D eigenvalue weighted by atomic mass is 9.85. The van der Waals surface area contributed by atoms with Gasteiger partial charge < -0.3 is 44.5 Å². The van der Waals surface area contributed by atoms with E-state index in [1.165, 1.54) is 12.3 Å². The lowest BCUT2D eigenvalue weighted by Gasteiger charge is -2.43. The number of esters is 1. The number of benzene rings is 1. The monoisotopic (exact) mass is 478 g/mol. The number of fused-ring (bicyclic) bond motifs is 1. The second-order valence-electron chi connectivity index (χ2n) is 9.05. The number of hydrogen-bond acceptors (Lipinski definition) is 10. The molecule has 0 aromatic heterocycles. The van der Waals surface area contributed by atoms with Crippen LogP contribution in [-0.4, -0.2) is 86.8 Å².